The highest BCUT2D eigenvalue weighted by atomic mass is 35.5. The van der Waals surface area contributed by atoms with E-state index in [4.69, 9.17) is 16.3 Å². The minimum atomic E-state index is -4.52. The zero-order valence-electron chi connectivity index (χ0n) is 11.1. The molecular weight excluding hydrogens is 295 g/mol. The van der Waals surface area contributed by atoms with Crippen LogP contribution in [-0.2, 0) is 15.7 Å². The largest absolute Gasteiger partial charge is 0.466 e. The summed E-state index contributed by atoms with van der Waals surface area (Å²) >= 11 is 5.80. The van der Waals surface area contributed by atoms with Crippen molar-refractivity contribution < 1.29 is 22.7 Å². The fraction of sp³-hybridized carbons (Fsp3) is 0.462. The molecule has 0 spiro atoms. The summed E-state index contributed by atoms with van der Waals surface area (Å²) in [6.45, 7) is 3.47. The normalized spacial score (nSPS) is 12.9. The van der Waals surface area contributed by atoms with Crippen LogP contribution in [0, 0.1) is 0 Å². The lowest BCUT2D eigenvalue weighted by Crippen LogP contribution is -2.23. The molecule has 0 aliphatic carbocycles. The Balaban J connectivity index is 2.89. The number of alkyl halides is 3. The topological polar surface area (TPSA) is 38.3 Å². The minimum Gasteiger partial charge on any atom is -0.466 e. The van der Waals surface area contributed by atoms with Crippen molar-refractivity contribution in [1.82, 2.24) is 0 Å². The van der Waals surface area contributed by atoms with Gasteiger partial charge in [0.15, 0.2) is 0 Å². The maximum Gasteiger partial charge on any atom is 0.418 e. The molecule has 112 valence electrons. The van der Waals surface area contributed by atoms with E-state index in [1.807, 2.05) is 0 Å². The van der Waals surface area contributed by atoms with Gasteiger partial charge in [0.2, 0.25) is 0 Å². The van der Waals surface area contributed by atoms with Crippen molar-refractivity contribution in [2.75, 3.05) is 11.9 Å². The zero-order chi connectivity index (χ0) is 15.3. The van der Waals surface area contributed by atoms with Gasteiger partial charge < -0.3 is 10.1 Å². The van der Waals surface area contributed by atoms with E-state index in [9.17, 15) is 18.0 Å². The third-order valence-electron chi connectivity index (χ3n) is 2.49. The fourth-order valence-corrected chi connectivity index (χ4v) is 1.90. The lowest BCUT2D eigenvalue weighted by Gasteiger charge is -2.20. The van der Waals surface area contributed by atoms with Crippen molar-refractivity contribution in [2.45, 2.75) is 32.5 Å². The van der Waals surface area contributed by atoms with Crippen LogP contribution in [0.2, 0.25) is 5.02 Å². The standard InChI is InChI=1S/C13H15ClF3NO2/c1-3-20-11(19)7-8(2)18-12-9(13(15,16)17)5-4-6-10(12)14/h4-6,8,18H,3,7H2,1-2H3. The molecule has 1 N–H and O–H groups in total. The van der Waals surface area contributed by atoms with Gasteiger partial charge in [-0.3, -0.25) is 4.79 Å². The summed E-state index contributed by atoms with van der Waals surface area (Å²) in [4.78, 5) is 11.3. The van der Waals surface area contributed by atoms with E-state index in [-0.39, 0.29) is 23.7 Å². The number of carbonyl (C=O) groups excluding carboxylic acids is 1. The molecule has 0 aliphatic heterocycles. The first-order chi connectivity index (χ1) is 9.25. The fourth-order valence-electron chi connectivity index (χ4n) is 1.67. The Morgan fingerprint density at radius 1 is 1.45 bits per heavy atom. The lowest BCUT2D eigenvalue weighted by atomic mass is 10.1. The molecule has 7 heteroatoms. The molecule has 0 heterocycles. The maximum absolute atomic E-state index is 12.9. The molecule has 1 rings (SSSR count). The second kappa shape index (κ2) is 6.83. The summed E-state index contributed by atoms with van der Waals surface area (Å²) in [6.07, 6.45) is -4.56. The number of halogens is 4. The van der Waals surface area contributed by atoms with Crippen LogP contribution in [0.3, 0.4) is 0 Å². The van der Waals surface area contributed by atoms with Gasteiger partial charge in [-0.15, -0.1) is 0 Å². The summed E-state index contributed by atoms with van der Waals surface area (Å²) in [6, 6.07) is 2.99. The molecule has 0 radical (unpaired) electrons. The van der Waals surface area contributed by atoms with Crippen LogP contribution < -0.4 is 5.32 Å². The van der Waals surface area contributed by atoms with Gasteiger partial charge in [-0.05, 0) is 26.0 Å². The van der Waals surface area contributed by atoms with Crippen LogP contribution in [-0.4, -0.2) is 18.6 Å². The van der Waals surface area contributed by atoms with Gasteiger partial charge in [0.25, 0.3) is 0 Å². The molecule has 1 unspecified atom stereocenters. The average molecular weight is 310 g/mol. The van der Waals surface area contributed by atoms with E-state index >= 15 is 0 Å². The van der Waals surface area contributed by atoms with Crippen LogP contribution in [0.1, 0.15) is 25.8 Å². The second-order valence-corrected chi connectivity index (χ2v) is 4.62. The highest BCUT2D eigenvalue weighted by molar-refractivity contribution is 6.33. The number of nitrogens with one attached hydrogen (secondary N) is 1. The third-order valence-corrected chi connectivity index (χ3v) is 2.80. The van der Waals surface area contributed by atoms with E-state index in [1.54, 1.807) is 13.8 Å². The predicted octanol–water partition coefficient (Wildman–Crippen LogP) is 4.11. The van der Waals surface area contributed by atoms with E-state index in [0.29, 0.717) is 0 Å². The predicted molar refractivity (Wildman–Crippen MR) is 70.8 cm³/mol. The average Bonchev–Trinajstić information content (AvgIpc) is 2.30. The van der Waals surface area contributed by atoms with Crippen molar-refractivity contribution in [1.29, 1.82) is 0 Å². The highest BCUT2D eigenvalue weighted by Crippen LogP contribution is 2.38. The first-order valence-corrected chi connectivity index (χ1v) is 6.41. The monoisotopic (exact) mass is 309 g/mol. The van der Waals surface area contributed by atoms with Crippen LogP contribution >= 0.6 is 11.6 Å². The number of benzene rings is 1. The minimum absolute atomic E-state index is 0.0453. The molecule has 20 heavy (non-hydrogen) atoms. The van der Waals surface area contributed by atoms with Gasteiger partial charge in [0.05, 0.1) is 29.3 Å². The van der Waals surface area contributed by atoms with E-state index in [2.05, 4.69) is 5.32 Å². The van der Waals surface area contributed by atoms with Crippen LogP contribution in [0.5, 0.6) is 0 Å². The van der Waals surface area contributed by atoms with E-state index in [1.165, 1.54) is 12.1 Å². The Kier molecular flexibility index (Phi) is 5.68. The van der Waals surface area contributed by atoms with Crippen molar-refractivity contribution in [3.63, 3.8) is 0 Å². The molecule has 0 aliphatic rings. The molecule has 0 amide bonds. The molecule has 3 nitrogen and oxygen atoms in total. The second-order valence-electron chi connectivity index (χ2n) is 4.21. The molecule has 1 aromatic carbocycles. The van der Waals surface area contributed by atoms with Gasteiger partial charge in [0.1, 0.15) is 0 Å². The van der Waals surface area contributed by atoms with Crippen molar-refractivity contribution in [3.8, 4) is 0 Å². The van der Waals surface area contributed by atoms with Crippen LogP contribution in [0.4, 0.5) is 18.9 Å². The van der Waals surface area contributed by atoms with Gasteiger partial charge in [-0.1, -0.05) is 17.7 Å². The van der Waals surface area contributed by atoms with Crippen molar-refractivity contribution in [2.24, 2.45) is 0 Å². The molecule has 0 bridgehead atoms. The number of anilines is 1. The zero-order valence-corrected chi connectivity index (χ0v) is 11.8. The Morgan fingerprint density at radius 3 is 2.65 bits per heavy atom. The maximum atomic E-state index is 12.9. The first-order valence-electron chi connectivity index (χ1n) is 6.03. The summed E-state index contributed by atoms with van der Waals surface area (Å²) in [5.74, 6) is -0.479. The van der Waals surface area contributed by atoms with Gasteiger partial charge in [-0.25, -0.2) is 0 Å². The van der Waals surface area contributed by atoms with Crippen molar-refractivity contribution in [3.05, 3.63) is 28.8 Å². The van der Waals surface area contributed by atoms with Crippen molar-refractivity contribution >= 4 is 23.3 Å². The van der Waals surface area contributed by atoms with Gasteiger partial charge in [-0.2, -0.15) is 13.2 Å². The van der Waals surface area contributed by atoms with E-state index in [0.717, 1.165) is 6.07 Å². The summed E-state index contributed by atoms with van der Waals surface area (Å²) in [5.41, 5.74) is -1.08. The molecular formula is C13H15ClF3NO2. The Bertz CT molecular complexity index is 477. The molecule has 0 aromatic heterocycles. The van der Waals surface area contributed by atoms with Gasteiger partial charge >= 0.3 is 12.1 Å². The molecule has 0 saturated carbocycles. The number of hydrogen-bond acceptors (Lipinski definition) is 3. The first kappa shape index (κ1) is 16.6. The Labute approximate surface area is 120 Å². The Morgan fingerprint density at radius 2 is 2.10 bits per heavy atom. The molecule has 0 saturated heterocycles. The Hall–Kier alpha value is -1.43. The number of para-hydroxylation sites is 1. The quantitative estimate of drug-likeness (QED) is 0.832. The number of esters is 1. The number of rotatable bonds is 5. The highest BCUT2D eigenvalue weighted by Gasteiger charge is 2.34. The lowest BCUT2D eigenvalue weighted by molar-refractivity contribution is -0.143. The van der Waals surface area contributed by atoms with E-state index < -0.39 is 23.8 Å². The third kappa shape index (κ3) is 4.59. The summed E-state index contributed by atoms with van der Waals surface area (Å²) in [5, 5.41) is 2.58. The number of ether oxygens (including phenoxy) is 1. The number of carbonyl (C=O) groups is 1. The molecule has 1 atom stereocenters. The summed E-state index contributed by atoms with van der Waals surface area (Å²) < 4.78 is 43.4. The molecule has 1 aromatic rings. The SMILES string of the molecule is CCOC(=O)CC(C)Nc1c(Cl)cccc1C(F)(F)F. The van der Waals surface area contributed by atoms with Crippen LogP contribution in [0.15, 0.2) is 18.2 Å². The van der Waals surface area contributed by atoms with Crippen LogP contribution in [0.25, 0.3) is 0 Å². The summed E-state index contributed by atoms with van der Waals surface area (Å²) in [7, 11) is 0. The van der Waals surface area contributed by atoms with Gasteiger partial charge in [0, 0.05) is 6.04 Å². The molecule has 0 fully saturated rings. The number of hydrogen-bond donors (Lipinski definition) is 1. The smallest absolute Gasteiger partial charge is 0.418 e.